The van der Waals surface area contributed by atoms with Crippen LogP contribution in [0.15, 0.2) is 78.9 Å². The normalized spacial score (nSPS) is 12.0. The fourth-order valence-corrected chi connectivity index (χ4v) is 5.18. The molecule has 0 aliphatic heterocycles. The number of amides is 2. The van der Waals surface area contributed by atoms with E-state index in [9.17, 15) is 22.4 Å². The summed E-state index contributed by atoms with van der Waals surface area (Å²) < 4.78 is 47.4. The van der Waals surface area contributed by atoms with Crippen molar-refractivity contribution in [1.29, 1.82) is 0 Å². The summed E-state index contributed by atoms with van der Waals surface area (Å²) in [6.07, 6.45) is 1.15. The van der Waals surface area contributed by atoms with Gasteiger partial charge in [-0.25, -0.2) is 12.8 Å². The van der Waals surface area contributed by atoms with E-state index in [2.05, 4.69) is 5.32 Å². The summed E-state index contributed by atoms with van der Waals surface area (Å²) in [4.78, 5) is 29.0. The first kappa shape index (κ1) is 31.6. The zero-order valence-corrected chi connectivity index (χ0v) is 24.7. The fourth-order valence-electron chi connectivity index (χ4n) is 4.32. The van der Waals surface area contributed by atoms with E-state index in [0.29, 0.717) is 12.3 Å². The third-order valence-corrected chi connectivity index (χ3v) is 7.49. The largest absolute Gasteiger partial charge is 0.492 e. The number of carbonyl (C=O) groups is 2. The predicted octanol–water partition coefficient (Wildman–Crippen LogP) is 4.40. The molecule has 41 heavy (non-hydrogen) atoms. The Morgan fingerprint density at radius 3 is 2.22 bits per heavy atom. The SMILES string of the molecule is CCOc1ccccc1N(CC(=O)N(Cc1ccccc1F)C(Cc1ccccc1)C(=O)NCC(C)C)S(C)(=O)=O. The van der Waals surface area contributed by atoms with E-state index >= 15 is 0 Å². The average molecular weight is 584 g/mol. The highest BCUT2D eigenvalue weighted by Gasteiger charge is 2.34. The molecule has 0 fully saturated rings. The molecule has 0 spiro atoms. The Hall–Kier alpha value is -3.92. The van der Waals surface area contributed by atoms with Gasteiger partial charge < -0.3 is 15.0 Å². The first-order valence-corrected chi connectivity index (χ1v) is 15.4. The lowest BCUT2D eigenvalue weighted by molar-refractivity contribution is -0.140. The first-order valence-electron chi connectivity index (χ1n) is 13.5. The van der Waals surface area contributed by atoms with Gasteiger partial charge in [0.2, 0.25) is 21.8 Å². The van der Waals surface area contributed by atoms with Crippen LogP contribution in [0.1, 0.15) is 31.9 Å². The van der Waals surface area contributed by atoms with Gasteiger partial charge in [-0.15, -0.1) is 0 Å². The number of benzene rings is 3. The molecule has 0 heterocycles. The third kappa shape index (κ3) is 9.04. The Morgan fingerprint density at radius 1 is 0.951 bits per heavy atom. The molecule has 3 rings (SSSR count). The molecule has 1 atom stereocenters. The molecule has 220 valence electrons. The lowest BCUT2D eigenvalue weighted by Crippen LogP contribution is -2.53. The Bertz CT molecular complexity index is 1420. The van der Waals surface area contributed by atoms with Crippen molar-refractivity contribution in [3.63, 3.8) is 0 Å². The van der Waals surface area contributed by atoms with Crippen LogP contribution in [0.3, 0.4) is 0 Å². The second-order valence-electron chi connectivity index (χ2n) is 10.1. The van der Waals surface area contributed by atoms with Gasteiger partial charge in [0.1, 0.15) is 24.2 Å². The van der Waals surface area contributed by atoms with Crippen LogP contribution >= 0.6 is 0 Å². The van der Waals surface area contributed by atoms with E-state index in [1.54, 1.807) is 43.3 Å². The molecular formula is C31H38FN3O5S. The van der Waals surface area contributed by atoms with Crippen LogP contribution in [0.5, 0.6) is 5.75 Å². The standard InChI is InChI=1S/C31H38FN3O5S/c1-5-40-29-18-12-11-17-27(29)35(41(4,38)39)22-30(36)34(21-25-15-9-10-16-26(25)32)28(31(37)33-20-23(2)3)19-24-13-7-6-8-14-24/h6-18,23,28H,5,19-22H2,1-4H3,(H,33,37). The molecular weight excluding hydrogens is 545 g/mol. The molecule has 0 bridgehead atoms. The van der Waals surface area contributed by atoms with Crippen molar-refractivity contribution in [2.45, 2.75) is 39.8 Å². The second-order valence-corrected chi connectivity index (χ2v) is 12.0. The highest BCUT2D eigenvalue weighted by molar-refractivity contribution is 7.92. The minimum atomic E-state index is -3.96. The van der Waals surface area contributed by atoms with Gasteiger partial charge in [-0.05, 0) is 36.6 Å². The van der Waals surface area contributed by atoms with Gasteiger partial charge in [0.25, 0.3) is 0 Å². The monoisotopic (exact) mass is 583 g/mol. The van der Waals surface area contributed by atoms with E-state index in [4.69, 9.17) is 4.74 Å². The molecule has 8 nitrogen and oxygen atoms in total. The molecule has 0 saturated heterocycles. The molecule has 0 saturated carbocycles. The quantitative estimate of drug-likeness (QED) is 0.304. The molecule has 3 aromatic carbocycles. The van der Waals surface area contributed by atoms with Gasteiger partial charge in [0, 0.05) is 25.1 Å². The number of hydrogen-bond donors (Lipinski definition) is 1. The van der Waals surface area contributed by atoms with Crippen LogP contribution < -0.4 is 14.4 Å². The number of ether oxygens (including phenoxy) is 1. The van der Waals surface area contributed by atoms with Crippen molar-refractivity contribution in [1.82, 2.24) is 10.2 Å². The van der Waals surface area contributed by atoms with Gasteiger partial charge >= 0.3 is 0 Å². The highest BCUT2D eigenvalue weighted by atomic mass is 32.2. The Balaban J connectivity index is 2.08. The van der Waals surface area contributed by atoms with Crippen LogP contribution in [0.25, 0.3) is 0 Å². The van der Waals surface area contributed by atoms with Crippen molar-refractivity contribution in [2.75, 3.05) is 30.3 Å². The maximum Gasteiger partial charge on any atom is 0.244 e. The number of carbonyl (C=O) groups excluding carboxylic acids is 2. The second kappa shape index (κ2) is 14.6. The number of anilines is 1. The Morgan fingerprint density at radius 2 is 1.59 bits per heavy atom. The number of para-hydroxylation sites is 2. The Labute approximate surface area is 242 Å². The highest BCUT2D eigenvalue weighted by Crippen LogP contribution is 2.30. The molecule has 10 heteroatoms. The predicted molar refractivity (Wildman–Crippen MR) is 159 cm³/mol. The zero-order valence-electron chi connectivity index (χ0n) is 23.9. The molecule has 1 unspecified atom stereocenters. The summed E-state index contributed by atoms with van der Waals surface area (Å²) >= 11 is 0. The maximum atomic E-state index is 14.9. The van der Waals surface area contributed by atoms with Crippen LogP contribution in [-0.4, -0.2) is 57.1 Å². The number of halogens is 1. The van der Waals surface area contributed by atoms with E-state index in [0.717, 1.165) is 16.1 Å². The topological polar surface area (TPSA) is 96.0 Å². The van der Waals surface area contributed by atoms with E-state index in [1.807, 2.05) is 44.2 Å². The zero-order chi connectivity index (χ0) is 30.0. The Kier molecular flexibility index (Phi) is 11.3. The molecule has 2 amide bonds. The van der Waals surface area contributed by atoms with Gasteiger partial charge in [-0.2, -0.15) is 0 Å². The smallest absolute Gasteiger partial charge is 0.244 e. The molecule has 0 aromatic heterocycles. The number of nitrogens with one attached hydrogen (secondary N) is 1. The summed E-state index contributed by atoms with van der Waals surface area (Å²) in [5, 5.41) is 2.90. The lowest BCUT2D eigenvalue weighted by atomic mass is 10.0. The van der Waals surface area contributed by atoms with Crippen LogP contribution in [0.2, 0.25) is 0 Å². The maximum absolute atomic E-state index is 14.9. The van der Waals surface area contributed by atoms with E-state index in [-0.39, 0.29) is 36.7 Å². The van der Waals surface area contributed by atoms with Crippen molar-refractivity contribution in [3.05, 3.63) is 95.8 Å². The minimum absolute atomic E-state index is 0.152. The van der Waals surface area contributed by atoms with Gasteiger partial charge in [-0.1, -0.05) is 74.5 Å². The molecule has 3 aromatic rings. The van der Waals surface area contributed by atoms with E-state index in [1.165, 1.54) is 17.0 Å². The van der Waals surface area contributed by atoms with Crippen molar-refractivity contribution in [2.24, 2.45) is 5.92 Å². The number of hydrogen-bond acceptors (Lipinski definition) is 5. The summed E-state index contributed by atoms with van der Waals surface area (Å²) in [5.74, 6) is -1.15. The van der Waals surface area contributed by atoms with Crippen LogP contribution in [-0.2, 0) is 32.6 Å². The number of nitrogens with zero attached hydrogens (tertiary/aromatic N) is 2. The van der Waals surface area contributed by atoms with Crippen molar-refractivity contribution < 1.29 is 27.1 Å². The molecule has 0 aliphatic carbocycles. The summed E-state index contributed by atoms with van der Waals surface area (Å²) in [6.45, 7) is 5.50. The van der Waals surface area contributed by atoms with Gasteiger partial charge in [0.05, 0.1) is 18.6 Å². The molecule has 0 radical (unpaired) electrons. The number of rotatable bonds is 14. The lowest BCUT2D eigenvalue weighted by Gasteiger charge is -2.34. The van der Waals surface area contributed by atoms with Crippen molar-refractivity contribution in [3.8, 4) is 5.75 Å². The first-order chi connectivity index (χ1) is 19.5. The van der Waals surface area contributed by atoms with Crippen LogP contribution in [0, 0.1) is 11.7 Å². The van der Waals surface area contributed by atoms with E-state index < -0.39 is 40.2 Å². The van der Waals surface area contributed by atoms with Crippen molar-refractivity contribution >= 4 is 27.5 Å². The summed E-state index contributed by atoms with van der Waals surface area (Å²) in [6, 6.07) is 20.7. The van der Waals surface area contributed by atoms with Gasteiger partial charge in [0.15, 0.2) is 0 Å². The molecule has 1 N–H and O–H groups in total. The molecule has 0 aliphatic rings. The fraction of sp³-hybridized carbons (Fsp3) is 0.355. The summed E-state index contributed by atoms with van der Waals surface area (Å²) in [5.41, 5.74) is 1.20. The van der Waals surface area contributed by atoms with Gasteiger partial charge in [-0.3, -0.25) is 13.9 Å². The minimum Gasteiger partial charge on any atom is -0.492 e. The average Bonchev–Trinajstić information content (AvgIpc) is 2.93. The third-order valence-electron chi connectivity index (χ3n) is 6.37. The summed E-state index contributed by atoms with van der Waals surface area (Å²) in [7, 11) is -3.96. The number of sulfonamides is 1. The van der Waals surface area contributed by atoms with Crippen LogP contribution in [0.4, 0.5) is 10.1 Å².